The second-order valence-corrected chi connectivity index (χ2v) is 6.51. The van der Waals surface area contributed by atoms with E-state index in [0.29, 0.717) is 6.61 Å². The van der Waals surface area contributed by atoms with Gasteiger partial charge in [0.2, 0.25) is 0 Å². The maximum Gasteiger partial charge on any atom is 0.0716 e. The van der Waals surface area contributed by atoms with Crippen LogP contribution in [0.15, 0.2) is 46.9 Å². The van der Waals surface area contributed by atoms with Crippen molar-refractivity contribution in [2.24, 2.45) is 0 Å². The quantitative estimate of drug-likeness (QED) is 0.470. The first-order valence-corrected chi connectivity index (χ1v) is 8.88. The molecule has 0 amide bonds. The molecule has 2 aromatic rings. The van der Waals surface area contributed by atoms with Crippen molar-refractivity contribution in [2.75, 3.05) is 24.2 Å². The number of nitrogens with two attached hydrogens (primary N) is 1. The van der Waals surface area contributed by atoms with Crippen LogP contribution in [0, 0.1) is 6.92 Å². The van der Waals surface area contributed by atoms with Crippen LogP contribution in [0.4, 0.5) is 11.4 Å². The fourth-order valence-electron chi connectivity index (χ4n) is 2.35. The topological polar surface area (TPSA) is 47.3 Å². The van der Waals surface area contributed by atoms with Crippen molar-refractivity contribution >= 4 is 27.3 Å². The second-order valence-electron chi connectivity index (χ2n) is 5.66. The van der Waals surface area contributed by atoms with E-state index in [1.54, 1.807) is 0 Å². The predicted octanol–water partition coefficient (Wildman–Crippen LogP) is 5.14. The van der Waals surface area contributed by atoms with Gasteiger partial charge in [-0.1, -0.05) is 46.3 Å². The first-order valence-electron chi connectivity index (χ1n) is 8.08. The first kappa shape index (κ1) is 17.8. The molecule has 0 heterocycles. The van der Waals surface area contributed by atoms with E-state index in [0.717, 1.165) is 53.8 Å². The highest BCUT2D eigenvalue weighted by Gasteiger charge is 2.04. The molecule has 4 heteroatoms. The third-order valence-electron chi connectivity index (χ3n) is 3.84. The third-order valence-corrected chi connectivity index (χ3v) is 4.70. The molecule has 0 spiro atoms. The molecule has 0 fully saturated rings. The summed E-state index contributed by atoms with van der Waals surface area (Å²) in [6.45, 7) is 4.47. The Kier molecular flexibility index (Phi) is 7.43. The average molecular weight is 377 g/mol. The summed E-state index contributed by atoms with van der Waals surface area (Å²) in [4.78, 5) is 0. The lowest BCUT2D eigenvalue weighted by atomic mass is 10.1. The minimum atomic E-state index is 0.702. The molecule has 2 aromatic carbocycles. The van der Waals surface area contributed by atoms with Crippen LogP contribution in [-0.2, 0) is 11.3 Å². The van der Waals surface area contributed by atoms with E-state index in [1.165, 1.54) is 5.56 Å². The van der Waals surface area contributed by atoms with Gasteiger partial charge in [-0.3, -0.25) is 0 Å². The molecule has 0 saturated carbocycles. The standard InChI is InChI=1S/C19H25BrN2O/c1-15-17(20)10-11-18(19(15)21)22-12-6-3-7-13-23-14-16-8-4-2-5-9-16/h2,4-5,8-11,22H,3,6-7,12-14,21H2,1H3. The number of benzene rings is 2. The number of halogens is 1. The van der Waals surface area contributed by atoms with E-state index in [1.807, 2.05) is 37.3 Å². The third kappa shape index (κ3) is 5.88. The Morgan fingerprint density at radius 1 is 1.04 bits per heavy atom. The van der Waals surface area contributed by atoms with E-state index in [4.69, 9.17) is 10.5 Å². The Balaban J connectivity index is 1.55. The number of nitrogen functional groups attached to an aromatic ring is 1. The molecule has 0 aliphatic carbocycles. The normalized spacial score (nSPS) is 10.7. The molecule has 23 heavy (non-hydrogen) atoms. The maximum atomic E-state index is 6.11. The lowest BCUT2D eigenvalue weighted by Crippen LogP contribution is -2.06. The zero-order valence-electron chi connectivity index (χ0n) is 13.6. The summed E-state index contributed by atoms with van der Waals surface area (Å²) in [6.07, 6.45) is 3.35. The van der Waals surface area contributed by atoms with Gasteiger partial charge in [-0.25, -0.2) is 0 Å². The lowest BCUT2D eigenvalue weighted by Gasteiger charge is -2.12. The Morgan fingerprint density at radius 2 is 1.83 bits per heavy atom. The molecule has 0 radical (unpaired) electrons. The van der Waals surface area contributed by atoms with Crippen LogP contribution in [0.3, 0.4) is 0 Å². The fourth-order valence-corrected chi connectivity index (χ4v) is 2.70. The summed E-state index contributed by atoms with van der Waals surface area (Å²) in [5.74, 6) is 0. The molecule has 0 aliphatic heterocycles. The monoisotopic (exact) mass is 376 g/mol. The van der Waals surface area contributed by atoms with Crippen LogP contribution in [0.5, 0.6) is 0 Å². The fraction of sp³-hybridized carbons (Fsp3) is 0.368. The van der Waals surface area contributed by atoms with Gasteiger partial charge in [-0.05, 0) is 49.4 Å². The van der Waals surface area contributed by atoms with Gasteiger partial charge in [0.15, 0.2) is 0 Å². The van der Waals surface area contributed by atoms with Gasteiger partial charge in [0.05, 0.1) is 18.0 Å². The minimum Gasteiger partial charge on any atom is -0.397 e. The highest BCUT2D eigenvalue weighted by Crippen LogP contribution is 2.28. The van der Waals surface area contributed by atoms with E-state index in [2.05, 4.69) is 33.4 Å². The van der Waals surface area contributed by atoms with Gasteiger partial charge in [-0.2, -0.15) is 0 Å². The van der Waals surface area contributed by atoms with Gasteiger partial charge in [0.25, 0.3) is 0 Å². The van der Waals surface area contributed by atoms with Crippen molar-refractivity contribution < 1.29 is 4.74 Å². The number of ether oxygens (including phenoxy) is 1. The van der Waals surface area contributed by atoms with Gasteiger partial charge in [-0.15, -0.1) is 0 Å². The zero-order valence-corrected chi connectivity index (χ0v) is 15.2. The van der Waals surface area contributed by atoms with E-state index >= 15 is 0 Å². The summed E-state index contributed by atoms with van der Waals surface area (Å²) in [5, 5.41) is 3.41. The minimum absolute atomic E-state index is 0.702. The largest absolute Gasteiger partial charge is 0.397 e. The smallest absolute Gasteiger partial charge is 0.0716 e. The van der Waals surface area contributed by atoms with Crippen LogP contribution < -0.4 is 11.1 Å². The highest BCUT2D eigenvalue weighted by molar-refractivity contribution is 9.10. The summed E-state index contributed by atoms with van der Waals surface area (Å²) >= 11 is 3.49. The van der Waals surface area contributed by atoms with Crippen molar-refractivity contribution in [1.82, 2.24) is 0 Å². The lowest BCUT2D eigenvalue weighted by molar-refractivity contribution is 0.117. The van der Waals surface area contributed by atoms with Crippen LogP contribution in [-0.4, -0.2) is 13.2 Å². The molecule has 0 aromatic heterocycles. The van der Waals surface area contributed by atoms with Gasteiger partial charge >= 0.3 is 0 Å². The van der Waals surface area contributed by atoms with Crippen molar-refractivity contribution in [3.05, 3.63) is 58.1 Å². The molecule has 0 aliphatic rings. The molecule has 0 atom stereocenters. The molecule has 0 bridgehead atoms. The Labute approximate surface area is 147 Å². The Hall–Kier alpha value is -1.52. The van der Waals surface area contributed by atoms with Crippen molar-refractivity contribution in [1.29, 1.82) is 0 Å². The number of hydrogen-bond acceptors (Lipinski definition) is 3. The Morgan fingerprint density at radius 3 is 2.61 bits per heavy atom. The van der Waals surface area contributed by atoms with Crippen LogP contribution in [0.1, 0.15) is 30.4 Å². The van der Waals surface area contributed by atoms with Gasteiger partial charge < -0.3 is 15.8 Å². The molecular weight excluding hydrogens is 352 g/mol. The van der Waals surface area contributed by atoms with Gasteiger partial charge in [0.1, 0.15) is 0 Å². The van der Waals surface area contributed by atoms with Gasteiger partial charge in [0, 0.05) is 17.6 Å². The first-order chi connectivity index (χ1) is 11.2. The van der Waals surface area contributed by atoms with Crippen LogP contribution >= 0.6 is 15.9 Å². The van der Waals surface area contributed by atoms with E-state index in [9.17, 15) is 0 Å². The van der Waals surface area contributed by atoms with Crippen LogP contribution in [0.25, 0.3) is 0 Å². The molecule has 3 nitrogen and oxygen atoms in total. The van der Waals surface area contributed by atoms with Crippen molar-refractivity contribution in [2.45, 2.75) is 32.8 Å². The number of unbranched alkanes of at least 4 members (excludes halogenated alkanes) is 2. The summed E-state index contributed by atoms with van der Waals surface area (Å²) in [5.41, 5.74) is 10.3. The van der Waals surface area contributed by atoms with Crippen molar-refractivity contribution in [3.63, 3.8) is 0 Å². The summed E-state index contributed by atoms with van der Waals surface area (Å²) in [6, 6.07) is 14.3. The maximum absolute atomic E-state index is 6.11. The number of nitrogens with one attached hydrogen (secondary N) is 1. The molecule has 0 saturated heterocycles. The zero-order chi connectivity index (χ0) is 16.5. The highest BCUT2D eigenvalue weighted by atomic mass is 79.9. The summed E-state index contributed by atoms with van der Waals surface area (Å²) < 4.78 is 6.74. The van der Waals surface area contributed by atoms with E-state index in [-0.39, 0.29) is 0 Å². The molecule has 124 valence electrons. The molecule has 2 rings (SSSR count). The predicted molar refractivity (Wildman–Crippen MR) is 102 cm³/mol. The SMILES string of the molecule is Cc1c(Br)ccc(NCCCCCOCc2ccccc2)c1N. The van der Waals surface area contributed by atoms with Crippen molar-refractivity contribution in [3.8, 4) is 0 Å². The summed E-state index contributed by atoms with van der Waals surface area (Å²) in [7, 11) is 0. The average Bonchev–Trinajstić information content (AvgIpc) is 2.58. The number of rotatable bonds is 9. The Bertz CT molecular complexity index is 602. The van der Waals surface area contributed by atoms with Crippen LogP contribution in [0.2, 0.25) is 0 Å². The molecule has 3 N–H and O–H groups in total. The second kappa shape index (κ2) is 9.58. The molecule has 0 unspecified atom stereocenters. The number of hydrogen-bond donors (Lipinski definition) is 2. The number of anilines is 2. The van der Waals surface area contributed by atoms with E-state index < -0.39 is 0 Å². The molecular formula is C19H25BrN2O.